The van der Waals surface area contributed by atoms with Crippen LogP contribution in [0.1, 0.15) is 44.7 Å². The molecule has 0 saturated carbocycles. The lowest BCUT2D eigenvalue weighted by atomic mass is 9.96. The second-order valence-electron chi connectivity index (χ2n) is 6.88. The van der Waals surface area contributed by atoms with Crippen molar-refractivity contribution < 1.29 is 18.4 Å². The average molecular weight is 364 g/mol. The zero-order chi connectivity index (χ0) is 18.8. The highest BCUT2D eigenvalue weighted by Crippen LogP contribution is 2.19. The Morgan fingerprint density at radius 1 is 1.38 bits per heavy atom. The average Bonchev–Trinajstić information content (AvgIpc) is 2.55. The summed E-state index contributed by atoms with van der Waals surface area (Å²) in [5.41, 5.74) is 0.328. The first-order valence-corrected chi connectivity index (χ1v) is 8.71. The van der Waals surface area contributed by atoms with E-state index in [1.165, 1.54) is 6.07 Å². The van der Waals surface area contributed by atoms with Crippen molar-refractivity contribution in [2.45, 2.75) is 57.4 Å². The Labute approximate surface area is 150 Å². The van der Waals surface area contributed by atoms with Crippen molar-refractivity contribution in [1.82, 2.24) is 16.0 Å². The van der Waals surface area contributed by atoms with E-state index < -0.39 is 23.6 Å². The Bertz CT molecular complexity index is 753. The smallest absolute Gasteiger partial charge is 0.266 e. The van der Waals surface area contributed by atoms with Gasteiger partial charge in [0, 0.05) is 17.7 Å². The largest absolute Gasteiger partial charge is 0.349 e. The van der Waals surface area contributed by atoms with Crippen molar-refractivity contribution >= 4 is 17.5 Å². The van der Waals surface area contributed by atoms with Gasteiger partial charge in [-0.1, -0.05) is 6.07 Å². The third-order valence-electron chi connectivity index (χ3n) is 4.76. The molecule has 3 rings (SSSR count). The summed E-state index contributed by atoms with van der Waals surface area (Å²) in [6.45, 7) is 3.64. The molecule has 3 unspecified atom stereocenters. The standard InChI is InChI=1S/C18H22F2N4O2/c1-9-3-6-14-17(21-9)23-15(18(26)24-14)8-16(25)22-10(2)12-5-4-11(19)7-13(12)20/h4-5,7,9-10,14,17,21H,3,6,8H2,1-2H3,(H,22,25)(H,24,26)/t9?,10-,14?,17?/m0/s1. The number of nitrogens with one attached hydrogen (secondary N) is 3. The normalized spacial score (nSPS) is 26.4. The van der Waals surface area contributed by atoms with E-state index in [1.807, 2.05) is 6.92 Å². The predicted molar refractivity (Wildman–Crippen MR) is 92.5 cm³/mol. The van der Waals surface area contributed by atoms with Gasteiger partial charge >= 0.3 is 0 Å². The van der Waals surface area contributed by atoms with Gasteiger partial charge in [0.2, 0.25) is 5.91 Å². The summed E-state index contributed by atoms with van der Waals surface area (Å²) in [5.74, 6) is -2.20. The Balaban J connectivity index is 1.64. The number of aliphatic imine (C=N–C) groups is 1. The van der Waals surface area contributed by atoms with E-state index in [0.29, 0.717) is 6.04 Å². The number of piperidine rings is 1. The van der Waals surface area contributed by atoms with E-state index in [2.05, 4.69) is 20.9 Å². The first-order chi connectivity index (χ1) is 12.3. The third kappa shape index (κ3) is 4.07. The van der Waals surface area contributed by atoms with Gasteiger partial charge < -0.3 is 10.6 Å². The van der Waals surface area contributed by atoms with Gasteiger partial charge in [-0.2, -0.15) is 0 Å². The number of carbonyl (C=O) groups excluding carboxylic acids is 2. The summed E-state index contributed by atoms with van der Waals surface area (Å²) in [4.78, 5) is 28.8. The molecule has 1 saturated heterocycles. The number of nitrogens with zero attached hydrogens (tertiary/aromatic N) is 1. The van der Waals surface area contributed by atoms with Crippen LogP contribution in [0, 0.1) is 11.6 Å². The van der Waals surface area contributed by atoms with Gasteiger partial charge in [0.25, 0.3) is 5.91 Å². The highest BCUT2D eigenvalue weighted by Gasteiger charge is 2.35. The fraction of sp³-hybridized carbons (Fsp3) is 0.500. The van der Waals surface area contributed by atoms with Crippen LogP contribution in [-0.2, 0) is 9.59 Å². The molecule has 1 aromatic rings. The molecule has 1 aromatic carbocycles. The number of benzene rings is 1. The van der Waals surface area contributed by atoms with Gasteiger partial charge in [0.1, 0.15) is 23.5 Å². The number of carbonyl (C=O) groups is 2. The summed E-state index contributed by atoms with van der Waals surface area (Å²) in [5, 5.41) is 8.81. The van der Waals surface area contributed by atoms with Crippen LogP contribution in [0.15, 0.2) is 23.2 Å². The van der Waals surface area contributed by atoms with Crippen molar-refractivity contribution in [2.24, 2.45) is 4.99 Å². The molecule has 3 N–H and O–H groups in total. The Morgan fingerprint density at radius 3 is 2.88 bits per heavy atom. The minimum Gasteiger partial charge on any atom is -0.349 e. The molecule has 6 nitrogen and oxygen atoms in total. The van der Waals surface area contributed by atoms with E-state index in [-0.39, 0.29) is 35.8 Å². The molecule has 2 heterocycles. The van der Waals surface area contributed by atoms with Gasteiger partial charge in [-0.15, -0.1) is 0 Å². The second kappa shape index (κ2) is 7.49. The first-order valence-electron chi connectivity index (χ1n) is 8.71. The molecule has 0 spiro atoms. The lowest BCUT2D eigenvalue weighted by Gasteiger charge is -2.37. The van der Waals surface area contributed by atoms with E-state index in [4.69, 9.17) is 0 Å². The van der Waals surface area contributed by atoms with Crippen LogP contribution in [0.25, 0.3) is 0 Å². The maximum atomic E-state index is 13.8. The first kappa shape index (κ1) is 18.4. The molecule has 0 aromatic heterocycles. The molecule has 0 radical (unpaired) electrons. The Morgan fingerprint density at radius 2 is 2.15 bits per heavy atom. The van der Waals surface area contributed by atoms with Crippen LogP contribution in [0.4, 0.5) is 8.78 Å². The van der Waals surface area contributed by atoms with Crippen molar-refractivity contribution in [2.75, 3.05) is 0 Å². The van der Waals surface area contributed by atoms with Crippen molar-refractivity contribution in [3.05, 3.63) is 35.4 Å². The van der Waals surface area contributed by atoms with Crippen LogP contribution in [-0.4, -0.2) is 35.8 Å². The van der Waals surface area contributed by atoms with Gasteiger partial charge in [-0.05, 0) is 32.8 Å². The van der Waals surface area contributed by atoms with Crippen LogP contribution in [0.3, 0.4) is 0 Å². The molecule has 0 aliphatic carbocycles. The molecular weight excluding hydrogens is 342 g/mol. The minimum absolute atomic E-state index is 0.0576. The number of halogens is 2. The molecule has 2 aliphatic rings. The monoisotopic (exact) mass is 364 g/mol. The molecule has 26 heavy (non-hydrogen) atoms. The molecule has 0 bridgehead atoms. The second-order valence-corrected chi connectivity index (χ2v) is 6.88. The maximum absolute atomic E-state index is 13.8. The van der Waals surface area contributed by atoms with Crippen LogP contribution in [0.5, 0.6) is 0 Å². The topological polar surface area (TPSA) is 82.6 Å². The lowest BCUT2D eigenvalue weighted by molar-refractivity contribution is -0.122. The SMILES string of the molecule is CC1CCC2NC(=O)C(CC(=O)N[C@@H](C)c3ccc(F)cc3F)=NC2N1. The van der Waals surface area contributed by atoms with Crippen molar-refractivity contribution in [3.63, 3.8) is 0 Å². The summed E-state index contributed by atoms with van der Waals surface area (Å²) < 4.78 is 26.8. The number of rotatable bonds is 4. The number of fused-ring (bicyclic) bond motifs is 1. The Hall–Kier alpha value is -2.35. The van der Waals surface area contributed by atoms with Crippen LogP contribution >= 0.6 is 0 Å². The molecule has 8 heteroatoms. The van der Waals surface area contributed by atoms with Gasteiger partial charge in [-0.25, -0.2) is 8.78 Å². The quantitative estimate of drug-likeness (QED) is 0.758. The van der Waals surface area contributed by atoms with E-state index in [9.17, 15) is 18.4 Å². The highest BCUT2D eigenvalue weighted by atomic mass is 19.1. The number of hydrogen-bond donors (Lipinski definition) is 3. The van der Waals surface area contributed by atoms with E-state index in [1.54, 1.807) is 6.92 Å². The van der Waals surface area contributed by atoms with Crippen LogP contribution in [0.2, 0.25) is 0 Å². The molecule has 140 valence electrons. The molecular formula is C18H22F2N4O2. The third-order valence-corrected chi connectivity index (χ3v) is 4.76. The molecule has 1 fully saturated rings. The van der Waals surface area contributed by atoms with Crippen molar-refractivity contribution in [1.29, 1.82) is 0 Å². The van der Waals surface area contributed by atoms with Gasteiger partial charge in [0.05, 0.1) is 18.5 Å². The zero-order valence-corrected chi connectivity index (χ0v) is 14.7. The number of hydrogen-bond acceptors (Lipinski definition) is 4. The summed E-state index contributed by atoms with van der Waals surface area (Å²) in [6, 6.07) is 2.78. The summed E-state index contributed by atoms with van der Waals surface area (Å²) in [7, 11) is 0. The predicted octanol–water partition coefficient (Wildman–Crippen LogP) is 1.57. The van der Waals surface area contributed by atoms with Gasteiger partial charge in [0.15, 0.2) is 0 Å². The maximum Gasteiger partial charge on any atom is 0.266 e. The molecule has 2 aliphatic heterocycles. The zero-order valence-electron chi connectivity index (χ0n) is 14.7. The summed E-state index contributed by atoms with van der Waals surface area (Å²) in [6.07, 6.45) is 1.37. The molecule has 2 amide bonds. The minimum atomic E-state index is -0.728. The van der Waals surface area contributed by atoms with Crippen molar-refractivity contribution in [3.8, 4) is 0 Å². The molecule has 4 atom stereocenters. The highest BCUT2D eigenvalue weighted by molar-refractivity contribution is 6.42. The fourth-order valence-electron chi connectivity index (χ4n) is 3.34. The van der Waals surface area contributed by atoms with E-state index >= 15 is 0 Å². The van der Waals surface area contributed by atoms with E-state index in [0.717, 1.165) is 25.0 Å². The summed E-state index contributed by atoms with van der Waals surface area (Å²) >= 11 is 0. The Kier molecular flexibility index (Phi) is 5.31. The number of amides is 2. The lowest BCUT2D eigenvalue weighted by Crippen LogP contribution is -2.60. The van der Waals surface area contributed by atoms with Crippen LogP contribution < -0.4 is 16.0 Å². The van der Waals surface area contributed by atoms with Gasteiger partial charge in [-0.3, -0.25) is 19.9 Å². The fourth-order valence-corrected chi connectivity index (χ4v) is 3.34.